The molecule has 4 fully saturated rings. The molecule has 5 unspecified atom stereocenters. The van der Waals surface area contributed by atoms with Crippen LogP contribution in [0.1, 0.15) is 111 Å². The highest BCUT2D eigenvalue weighted by Gasteiger charge is 2.62. The Balaban J connectivity index is 1.30. The minimum atomic E-state index is 0.189. The van der Waals surface area contributed by atoms with E-state index >= 15 is 0 Å². The van der Waals surface area contributed by atoms with Gasteiger partial charge < -0.3 is 21.7 Å². The van der Waals surface area contributed by atoms with Crippen LogP contribution in [0.4, 0.5) is 0 Å². The zero-order valence-corrected chi connectivity index (χ0v) is 25.0. The molecule has 5 N–H and O–H groups in total. The maximum Gasteiger partial charge on any atom is 0.220 e. The largest absolute Gasteiger partial charge is 0.354 e. The molecule has 0 saturated heterocycles. The maximum atomic E-state index is 13.8. The number of carbonyl (C=O) groups is 2. The fraction of sp³-hybridized carbons (Fsp3) is 0.938. The molecule has 218 valence electrons. The number of nitrogens with one attached hydrogen (secondary N) is 3. The molecule has 0 aromatic rings. The van der Waals surface area contributed by atoms with Gasteiger partial charge in [0.25, 0.3) is 0 Å². The molecule has 6 nitrogen and oxygen atoms in total. The Kier molecular flexibility index (Phi) is 10.4. The third kappa shape index (κ3) is 6.49. The first-order valence-electron chi connectivity index (χ1n) is 16.1. The Morgan fingerprint density at radius 2 is 1.71 bits per heavy atom. The molecule has 4 aliphatic rings. The molecule has 4 rings (SSSR count). The second-order valence-electron chi connectivity index (χ2n) is 14.2. The smallest absolute Gasteiger partial charge is 0.220 e. The molecule has 0 aromatic carbocycles. The van der Waals surface area contributed by atoms with Crippen LogP contribution in [0.25, 0.3) is 0 Å². The van der Waals surface area contributed by atoms with Gasteiger partial charge in [-0.1, -0.05) is 13.8 Å². The summed E-state index contributed by atoms with van der Waals surface area (Å²) in [6, 6.07) is 0.785. The zero-order valence-electron chi connectivity index (χ0n) is 25.0. The standard InChI is InChI=1S/C32H58N4O2/c1-22(2)36-29(38)9-5-8-23-10-11-26-30-27(13-15-31(23,26)3)32(4)14-12-25(20-24(32)21-28(30)37)35-19-7-18-34-17-6-16-33/h22-27,30,34-35H,5-21,33H2,1-4H3,(H,36,38)/t23-,24?,25?,26?,27?,30?,31+,32-/m0/s1. The lowest BCUT2D eigenvalue weighted by Gasteiger charge is -2.60. The summed E-state index contributed by atoms with van der Waals surface area (Å²) in [7, 11) is 0. The van der Waals surface area contributed by atoms with Crippen LogP contribution in [0.15, 0.2) is 0 Å². The van der Waals surface area contributed by atoms with Crippen LogP contribution < -0.4 is 21.7 Å². The van der Waals surface area contributed by atoms with Crippen molar-refractivity contribution in [3.63, 3.8) is 0 Å². The van der Waals surface area contributed by atoms with Gasteiger partial charge in [0, 0.05) is 30.8 Å². The molecule has 6 heteroatoms. The van der Waals surface area contributed by atoms with E-state index in [9.17, 15) is 9.59 Å². The zero-order chi connectivity index (χ0) is 27.3. The van der Waals surface area contributed by atoms with E-state index in [2.05, 4.69) is 29.8 Å². The molecule has 0 spiro atoms. The Hall–Kier alpha value is -0.980. The number of Topliss-reactive ketones (excluding diaryl/α,β-unsaturated/α-hetero) is 1. The van der Waals surface area contributed by atoms with Crippen LogP contribution in [0, 0.1) is 40.4 Å². The highest BCUT2D eigenvalue weighted by atomic mass is 16.1. The van der Waals surface area contributed by atoms with E-state index in [1.807, 2.05) is 13.8 Å². The Morgan fingerprint density at radius 3 is 2.47 bits per heavy atom. The quantitative estimate of drug-likeness (QED) is 0.256. The third-order valence-corrected chi connectivity index (χ3v) is 11.6. The predicted octanol–water partition coefficient (Wildman–Crippen LogP) is 4.81. The number of nitrogens with two attached hydrogens (primary N) is 1. The summed E-state index contributed by atoms with van der Waals surface area (Å²) in [5, 5.41) is 10.3. The average molecular weight is 531 g/mol. The summed E-state index contributed by atoms with van der Waals surface area (Å²) in [6.45, 7) is 13.0. The summed E-state index contributed by atoms with van der Waals surface area (Å²) in [4.78, 5) is 26.0. The van der Waals surface area contributed by atoms with Crippen molar-refractivity contribution >= 4 is 11.7 Å². The minimum Gasteiger partial charge on any atom is -0.354 e. The first kappa shape index (κ1) is 30.0. The van der Waals surface area contributed by atoms with Gasteiger partial charge in [0.05, 0.1) is 0 Å². The number of ketones is 1. The summed E-state index contributed by atoms with van der Waals surface area (Å²) in [6.07, 6.45) is 14.4. The first-order valence-corrected chi connectivity index (χ1v) is 16.1. The number of hydrogen-bond acceptors (Lipinski definition) is 5. The lowest BCUT2D eigenvalue weighted by atomic mass is 9.44. The fourth-order valence-corrected chi connectivity index (χ4v) is 9.48. The van der Waals surface area contributed by atoms with Gasteiger partial charge >= 0.3 is 0 Å². The van der Waals surface area contributed by atoms with Crippen molar-refractivity contribution in [2.75, 3.05) is 26.2 Å². The van der Waals surface area contributed by atoms with Gasteiger partial charge in [0.2, 0.25) is 5.91 Å². The summed E-state index contributed by atoms with van der Waals surface area (Å²) in [5.41, 5.74) is 6.18. The molecule has 0 heterocycles. The van der Waals surface area contributed by atoms with E-state index in [0.717, 1.165) is 58.3 Å². The molecule has 0 bridgehead atoms. The first-order chi connectivity index (χ1) is 18.2. The van der Waals surface area contributed by atoms with Crippen molar-refractivity contribution in [3.05, 3.63) is 0 Å². The van der Waals surface area contributed by atoms with E-state index < -0.39 is 0 Å². The van der Waals surface area contributed by atoms with Gasteiger partial charge in [-0.2, -0.15) is 0 Å². The summed E-state index contributed by atoms with van der Waals surface area (Å²) >= 11 is 0. The molecule has 4 saturated carbocycles. The molecule has 0 aliphatic heterocycles. The van der Waals surface area contributed by atoms with Crippen LogP contribution in [-0.4, -0.2) is 50.0 Å². The van der Waals surface area contributed by atoms with E-state index in [1.165, 1.54) is 44.9 Å². The van der Waals surface area contributed by atoms with Gasteiger partial charge in [-0.25, -0.2) is 0 Å². The lowest BCUT2D eigenvalue weighted by Crippen LogP contribution is -2.58. The maximum absolute atomic E-state index is 13.8. The van der Waals surface area contributed by atoms with Crippen LogP contribution in [-0.2, 0) is 9.59 Å². The van der Waals surface area contributed by atoms with Gasteiger partial charge in [0.1, 0.15) is 5.78 Å². The van der Waals surface area contributed by atoms with Crippen molar-refractivity contribution in [2.24, 2.45) is 46.2 Å². The number of fused-ring (bicyclic) bond motifs is 5. The molecule has 4 aliphatic carbocycles. The Labute approximate surface area is 232 Å². The summed E-state index contributed by atoms with van der Waals surface area (Å²) < 4.78 is 0. The third-order valence-electron chi connectivity index (χ3n) is 11.6. The molecular formula is C32H58N4O2. The molecular weight excluding hydrogens is 472 g/mol. The number of carbonyl (C=O) groups excluding carboxylic acids is 2. The van der Waals surface area contributed by atoms with Crippen LogP contribution in [0.5, 0.6) is 0 Å². The Bertz CT molecular complexity index is 802. The van der Waals surface area contributed by atoms with Crippen molar-refractivity contribution in [1.29, 1.82) is 0 Å². The normalized spacial score (nSPS) is 38.5. The van der Waals surface area contributed by atoms with Gasteiger partial charge in [-0.3, -0.25) is 9.59 Å². The molecule has 0 aromatic heterocycles. The second kappa shape index (κ2) is 13.1. The molecule has 0 radical (unpaired) electrons. The van der Waals surface area contributed by atoms with Crippen molar-refractivity contribution in [1.82, 2.24) is 16.0 Å². The van der Waals surface area contributed by atoms with Crippen LogP contribution in [0.3, 0.4) is 0 Å². The van der Waals surface area contributed by atoms with Crippen molar-refractivity contribution in [3.8, 4) is 0 Å². The van der Waals surface area contributed by atoms with Crippen LogP contribution >= 0.6 is 0 Å². The monoisotopic (exact) mass is 530 g/mol. The lowest BCUT2D eigenvalue weighted by molar-refractivity contribution is -0.156. The Morgan fingerprint density at radius 1 is 0.974 bits per heavy atom. The van der Waals surface area contributed by atoms with E-state index in [0.29, 0.717) is 47.3 Å². The highest BCUT2D eigenvalue weighted by molar-refractivity contribution is 5.83. The SMILES string of the molecule is CC(C)NC(=O)CCC[C@H]1CCC2C3C(=O)CC4CC(NCCCNCCCN)CC[C@]4(C)C3CC[C@@]21C. The topological polar surface area (TPSA) is 96.2 Å². The minimum absolute atomic E-state index is 0.189. The average Bonchev–Trinajstić information content (AvgIpc) is 3.20. The summed E-state index contributed by atoms with van der Waals surface area (Å²) in [5.74, 6) is 3.42. The van der Waals surface area contributed by atoms with Crippen molar-refractivity contribution in [2.45, 2.75) is 123 Å². The number of hydrogen-bond donors (Lipinski definition) is 4. The van der Waals surface area contributed by atoms with Crippen molar-refractivity contribution < 1.29 is 9.59 Å². The predicted molar refractivity (Wildman–Crippen MR) is 156 cm³/mol. The van der Waals surface area contributed by atoms with E-state index in [1.54, 1.807) is 0 Å². The van der Waals surface area contributed by atoms with E-state index in [-0.39, 0.29) is 23.3 Å². The molecule has 8 atom stereocenters. The van der Waals surface area contributed by atoms with Crippen LogP contribution in [0.2, 0.25) is 0 Å². The molecule has 38 heavy (non-hydrogen) atoms. The fourth-order valence-electron chi connectivity index (χ4n) is 9.48. The molecule has 1 amide bonds. The second-order valence-corrected chi connectivity index (χ2v) is 14.2. The highest BCUT2D eigenvalue weighted by Crippen LogP contribution is 2.67. The van der Waals surface area contributed by atoms with Gasteiger partial charge in [-0.05, 0) is 145 Å². The van der Waals surface area contributed by atoms with Gasteiger partial charge in [-0.15, -0.1) is 0 Å². The van der Waals surface area contributed by atoms with Gasteiger partial charge in [0.15, 0.2) is 0 Å². The number of amides is 1. The van der Waals surface area contributed by atoms with E-state index in [4.69, 9.17) is 5.73 Å². The number of rotatable bonds is 13.